The first-order chi connectivity index (χ1) is 15.0. The molecule has 0 N–H and O–H groups in total. The van der Waals surface area contributed by atoms with Crippen molar-refractivity contribution in [1.29, 1.82) is 0 Å². The van der Waals surface area contributed by atoms with Gasteiger partial charge in [0.25, 0.3) is 0 Å². The molecule has 5 heteroatoms. The zero-order valence-corrected chi connectivity index (χ0v) is 18.2. The Morgan fingerprint density at radius 1 is 0.548 bits per heavy atom. The van der Waals surface area contributed by atoms with Crippen LogP contribution >= 0.6 is 0 Å². The van der Waals surface area contributed by atoms with E-state index in [1.54, 1.807) is 28.4 Å². The molecule has 0 aromatic heterocycles. The van der Waals surface area contributed by atoms with Gasteiger partial charge >= 0.3 is 0 Å². The fourth-order valence-electron chi connectivity index (χ4n) is 4.00. The molecule has 158 valence electrons. The van der Waals surface area contributed by atoms with E-state index < -0.39 is 0 Å². The fourth-order valence-corrected chi connectivity index (χ4v) is 4.00. The molecule has 0 saturated carbocycles. The van der Waals surface area contributed by atoms with Gasteiger partial charge in [-0.25, -0.2) is 0 Å². The zero-order valence-electron chi connectivity index (χ0n) is 18.2. The quantitative estimate of drug-likeness (QED) is 0.554. The number of hydrogen-bond donors (Lipinski definition) is 0. The number of hydrogen-bond acceptors (Lipinski definition) is 5. The van der Waals surface area contributed by atoms with Crippen molar-refractivity contribution in [3.05, 3.63) is 82.4 Å². The van der Waals surface area contributed by atoms with Crippen LogP contribution in [0.5, 0.6) is 23.0 Å². The van der Waals surface area contributed by atoms with E-state index in [0.29, 0.717) is 34.1 Å². The number of methoxy groups -OCH3 is 4. The predicted molar refractivity (Wildman–Crippen MR) is 121 cm³/mol. The number of ketones is 1. The summed E-state index contributed by atoms with van der Waals surface area (Å²) in [6, 6.07) is 17.1. The summed E-state index contributed by atoms with van der Waals surface area (Å²) in [7, 11) is 6.37. The second kappa shape index (κ2) is 8.19. The largest absolute Gasteiger partial charge is 0.493 e. The van der Waals surface area contributed by atoms with E-state index in [4.69, 9.17) is 18.9 Å². The normalized spacial score (nSPS) is 12.6. The number of aryl methyl sites for hydroxylation is 1. The van der Waals surface area contributed by atoms with Crippen LogP contribution in [-0.2, 0) is 0 Å². The van der Waals surface area contributed by atoms with Crippen molar-refractivity contribution in [2.24, 2.45) is 0 Å². The van der Waals surface area contributed by atoms with Gasteiger partial charge in [0.15, 0.2) is 28.8 Å². The molecule has 3 aromatic rings. The van der Waals surface area contributed by atoms with Crippen LogP contribution in [0.15, 0.2) is 54.6 Å². The van der Waals surface area contributed by atoms with E-state index in [2.05, 4.69) is 0 Å². The van der Waals surface area contributed by atoms with E-state index in [9.17, 15) is 4.79 Å². The topological polar surface area (TPSA) is 54.0 Å². The summed E-state index contributed by atoms with van der Waals surface area (Å²) in [5.41, 5.74) is 5.78. The highest BCUT2D eigenvalue weighted by Gasteiger charge is 2.32. The van der Waals surface area contributed by atoms with Gasteiger partial charge in [-0.2, -0.15) is 0 Å². The third-order valence-corrected chi connectivity index (χ3v) is 5.51. The lowest BCUT2D eigenvalue weighted by Gasteiger charge is -2.14. The van der Waals surface area contributed by atoms with Gasteiger partial charge in [-0.3, -0.25) is 4.79 Å². The van der Waals surface area contributed by atoms with Crippen molar-refractivity contribution in [3.8, 4) is 23.0 Å². The Balaban J connectivity index is 2.01. The van der Waals surface area contributed by atoms with Crippen LogP contribution < -0.4 is 18.9 Å². The Labute approximate surface area is 181 Å². The molecule has 0 radical (unpaired) electrons. The van der Waals surface area contributed by atoms with Gasteiger partial charge in [-0.1, -0.05) is 35.9 Å². The van der Waals surface area contributed by atoms with E-state index in [1.807, 2.05) is 61.5 Å². The van der Waals surface area contributed by atoms with E-state index in [0.717, 1.165) is 27.8 Å². The smallest absolute Gasteiger partial charge is 0.194 e. The molecule has 0 amide bonds. The summed E-state index contributed by atoms with van der Waals surface area (Å²) in [4.78, 5) is 13.5. The van der Waals surface area contributed by atoms with Crippen LogP contribution in [-0.4, -0.2) is 34.2 Å². The van der Waals surface area contributed by atoms with Gasteiger partial charge in [0.2, 0.25) is 0 Å². The summed E-state index contributed by atoms with van der Waals surface area (Å²) < 4.78 is 21.8. The molecular weight excluding hydrogens is 392 g/mol. The number of rotatable bonds is 6. The number of benzene rings is 3. The molecule has 0 unspecified atom stereocenters. The summed E-state index contributed by atoms with van der Waals surface area (Å²) in [6.07, 6.45) is 0. The molecule has 31 heavy (non-hydrogen) atoms. The molecule has 0 spiro atoms. The molecule has 0 fully saturated rings. The lowest BCUT2D eigenvalue weighted by atomic mass is 9.93. The van der Waals surface area contributed by atoms with Crippen molar-refractivity contribution >= 4 is 16.9 Å². The molecule has 4 rings (SSSR count). The molecule has 5 nitrogen and oxygen atoms in total. The van der Waals surface area contributed by atoms with E-state index >= 15 is 0 Å². The summed E-state index contributed by atoms with van der Waals surface area (Å²) >= 11 is 0. The fraction of sp³-hybridized carbons (Fsp3) is 0.192. The number of fused-ring (bicyclic) bond motifs is 1. The molecule has 0 bridgehead atoms. The van der Waals surface area contributed by atoms with Crippen LogP contribution in [0.2, 0.25) is 0 Å². The van der Waals surface area contributed by atoms with Gasteiger partial charge < -0.3 is 18.9 Å². The minimum atomic E-state index is -0.0213. The lowest BCUT2D eigenvalue weighted by Crippen LogP contribution is -2.00. The number of carbonyl (C=O) groups excluding carboxylic acids is 1. The highest BCUT2D eigenvalue weighted by molar-refractivity contribution is 6.41. The Hall–Kier alpha value is -3.73. The molecule has 0 heterocycles. The van der Waals surface area contributed by atoms with Crippen molar-refractivity contribution in [1.82, 2.24) is 0 Å². The van der Waals surface area contributed by atoms with Crippen molar-refractivity contribution in [2.75, 3.05) is 28.4 Å². The summed E-state index contributed by atoms with van der Waals surface area (Å²) in [6.45, 7) is 2.02. The SMILES string of the molecule is COc1ccc(C2=C(c3ccc(OC)c(OC)c3)c3cc(C)ccc3C2=O)cc1OC. The summed E-state index contributed by atoms with van der Waals surface area (Å²) in [5.74, 6) is 2.39. The number of Topliss-reactive ketones (excluding diaryl/α,β-unsaturated/α-hetero) is 1. The highest BCUT2D eigenvalue weighted by atomic mass is 16.5. The Kier molecular flexibility index (Phi) is 5.42. The first kappa shape index (κ1) is 20.5. The highest BCUT2D eigenvalue weighted by Crippen LogP contribution is 2.45. The van der Waals surface area contributed by atoms with Crippen LogP contribution in [0, 0.1) is 6.92 Å². The number of allylic oxidation sites excluding steroid dienone is 1. The average molecular weight is 416 g/mol. The number of carbonyl (C=O) groups is 1. The standard InChI is InChI=1S/C26H24O5/c1-15-6-9-18-19(12-15)24(16-7-10-20(28-2)22(13-16)30-4)25(26(18)27)17-8-11-21(29-3)23(14-17)31-5/h6-14H,1-5H3. The molecule has 0 aliphatic heterocycles. The minimum absolute atomic E-state index is 0.0213. The van der Waals surface area contributed by atoms with Gasteiger partial charge in [0.05, 0.1) is 28.4 Å². The first-order valence-electron chi connectivity index (χ1n) is 9.87. The number of ether oxygens (including phenoxy) is 4. The van der Waals surface area contributed by atoms with Crippen molar-refractivity contribution in [2.45, 2.75) is 6.92 Å². The van der Waals surface area contributed by atoms with Crippen LogP contribution in [0.1, 0.15) is 32.6 Å². The molecule has 3 aromatic carbocycles. The van der Waals surface area contributed by atoms with Gasteiger partial charge in [-0.15, -0.1) is 0 Å². The maximum atomic E-state index is 13.5. The Morgan fingerprint density at radius 2 is 1.06 bits per heavy atom. The van der Waals surface area contributed by atoms with Crippen LogP contribution in [0.25, 0.3) is 11.1 Å². The molecule has 0 atom stereocenters. The minimum Gasteiger partial charge on any atom is -0.493 e. The third-order valence-electron chi connectivity index (χ3n) is 5.51. The molecule has 0 saturated heterocycles. The Bertz CT molecular complexity index is 1210. The third kappa shape index (κ3) is 3.42. The second-order valence-corrected chi connectivity index (χ2v) is 7.27. The first-order valence-corrected chi connectivity index (χ1v) is 9.87. The maximum absolute atomic E-state index is 13.5. The van der Waals surface area contributed by atoms with E-state index in [-0.39, 0.29) is 5.78 Å². The van der Waals surface area contributed by atoms with Gasteiger partial charge in [0.1, 0.15) is 0 Å². The van der Waals surface area contributed by atoms with Crippen LogP contribution in [0.4, 0.5) is 0 Å². The molecular formula is C26H24O5. The monoisotopic (exact) mass is 416 g/mol. The van der Waals surface area contributed by atoms with Crippen molar-refractivity contribution < 1.29 is 23.7 Å². The van der Waals surface area contributed by atoms with E-state index in [1.165, 1.54) is 0 Å². The van der Waals surface area contributed by atoms with Crippen LogP contribution in [0.3, 0.4) is 0 Å². The van der Waals surface area contributed by atoms with Gasteiger partial charge in [-0.05, 0) is 47.9 Å². The predicted octanol–water partition coefficient (Wildman–Crippen LogP) is 5.18. The summed E-state index contributed by atoms with van der Waals surface area (Å²) in [5, 5.41) is 0. The van der Waals surface area contributed by atoms with Crippen molar-refractivity contribution in [3.63, 3.8) is 0 Å². The van der Waals surface area contributed by atoms with Gasteiger partial charge in [0, 0.05) is 16.7 Å². The lowest BCUT2D eigenvalue weighted by molar-refractivity contribution is 0.105. The Morgan fingerprint density at radius 3 is 1.58 bits per heavy atom. The zero-order chi connectivity index (χ0) is 22.1. The molecule has 1 aliphatic carbocycles. The second-order valence-electron chi connectivity index (χ2n) is 7.27. The molecule has 1 aliphatic rings. The average Bonchev–Trinajstić information content (AvgIpc) is 3.09. The maximum Gasteiger partial charge on any atom is 0.194 e.